The summed E-state index contributed by atoms with van der Waals surface area (Å²) in [5.41, 5.74) is 2.06. The second-order valence-electron chi connectivity index (χ2n) is 8.39. The van der Waals surface area contributed by atoms with Crippen molar-refractivity contribution in [2.75, 3.05) is 16.9 Å². The molecule has 8 heteroatoms. The summed E-state index contributed by atoms with van der Waals surface area (Å²) in [5, 5.41) is 0. The molecule has 5 rings (SSSR count). The Morgan fingerprint density at radius 3 is 2.21 bits per heavy atom. The lowest BCUT2D eigenvalue weighted by Crippen LogP contribution is -2.48. The van der Waals surface area contributed by atoms with E-state index in [4.69, 9.17) is 9.47 Å². The van der Waals surface area contributed by atoms with E-state index in [-0.39, 0.29) is 11.7 Å². The Morgan fingerprint density at radius 2 is 1.58 bits per heavy atom. The molecule has 4 atom stereocenters. The number of fused-ring (bicyclic) bond motifs is 5. The number of carbonyl (C=O) groups excluding carboxylic acids is 4. The molecule has 0 aromatic heterocycles. The van der Waals surface area contributed by atoms with Gasteiger partial charge in [-0.3, -0.25) is 19.2 Å². The first kappa shape index (κ1) is 20.9. The van der Waals surface area contributed by atoms with E-state index in [0.29, 0.717) is 17.2 Å². The number of benzene rings is 2. The second kappa shape index (κ2) is 7.58. The molecule has 8 nitrogen and oxygen atoms in total. The number of imide groups is 1. The summed E-state index contributed by atoms with van der Waals surface area (Å²) in [7, 11) is 1.58. The summed E-state index contributed by atoms with van der Waals surface area (Å²) in [6.45, 7) is 2.75. The van der Waals surface area contributed by atoms with E-state index in [9.17, 15) is 19.2 Å². The lowest BCUT2D eigenvalue weighted by atomic mass is 9.88. The zero-order valence-corrected chi connectivity index (χ0v) is 18.3. The van der Waals surface area contributed by atoms with Crippen molar-refractivity contribution in [3.05, 3.63) is 54.1 Å². The number of rotatable bonds is 4. The third-order valence-electron chi connectivity index (χ3n) is 6.49. The zero-order chi connectivity index (χ0) is 23.4. The van der Waals surface area contributed by atoms with Crippen LogP contribution in [-0.2, 0) is 19.2 Å². The number of ketones is 1. The molecule has 0 unspecified atom stereocenters. The Kier molecular flexibility index (Phi) is 4.81. The summed E-state index contributed by atoms with van der Waals surface area (Å²) in [6, 6.07) is 10.6. The van der Waals surface area contributed by atoms with Gasteiger partial charge in [-0.15, -0.1) is 0 Å². The lowest BCUT2D eigenvalue weighted by Gasteiger charge is -2.36. The number of nitrogens with zero attached hydrogens (tertiary/aromatic N) is 2. The van der Waals surface area contributed by atoms with Crippen LogP contribution in [0.4, 0.5) is 11.4 Å². The number of methoxy groups -OCH3 is 1. The van der Waals surface area contributed by atoms with E-state index in [1.165, 1.54) is 26.0 Å². The second-order valence-corrected chi connectivity index (χ2v) is 8.39. The molecule has 2 amide bonds. The predicted molar refractivity (Wildman–Crippen MR) is 120 cm³/mol. The third kappa shape index (κ3) is 3.13. The maximum atomic E-state index is 13.5. The Bertz CT molecular complexity index is 1220. The maximum absolute atomic E-state index is 13.5. The fourth-order valence-electron chi connectivity index (χ4n) is 5.22. The molecule has 168 valence electrons. The molecule has 3 aliphatic rings. The van der Waals surface area contributed by atoms with Gasteiger partial charge in [-0.25, -0.2) is 4.90 Å². The monoisotopic (exact) mass is 446 g/mol. The van der Waals surface area contributed by atoms with E-state index in [2.05, 4.69) is 0 Å². The van der Waals surface area contributed by atoms with Crippen LogP contribution >= 0.6 is 0 Å². The number of hydrogen-bond acceptors (Lipinski definition) is 7. The van der Waals surface area contributed by atoms with E-state index in [0.717, 1.165) is 16.2 Å². The van der Waals surface area contributed by atoms with Crippen molar-refractivity contribution in [3.63, 3.8) is 0 Å². The van der Waals surface area contributed by atoms with Crippen molar-refractivity contribution in [3.8, 4) is 11.5 Å². The maximum Gasteiger partial charge on any atom is 0.308 e. The molecular weight excluding hydrogens is 424 g/mol. The van der Waals surface area contributed by atoms with E-state index >= 15 is 0 Å². The first-order chi connectivity index (χ1) is 15.8. The number of anilines is 2. The van der Waals surface area contributed by atoms with Crippen LogP contribution in [0.3, 0.4) is 0 Å². The Hall–Kier alpha value is -3.94. The molecule has 2 aromatic carbocycles. The van der Waals surface area contributed by atoms with Crippen LogP contribution < -0.4 is 19.3 Å². The molecular formula is C25H22N2O6. The highest BCUT2D eigenvalue weighted by molar-refractivity contribution is 6.24. The summed E-state index contributed by atoms with van der Waals surface area (Å²) >= 11 is 0. The summed E-state index contributed by atoms with van der Waals surface area (Å²) in [4.78, 5) is 54.1. The van der Waals surface area contributed by atoms with Crippen LogP contribution in [0.15, 0.2) is 48.5 Å². The molecule has 0 bridgehead atoms. The van der Waals surface area contributed by atoms with Gasteiger partial charge in [0.2, 0.25) is 11.8 Å². The molecule has 0 radical (unpaired) electrons. The summed E-state index contributed by atoms with van der Waals surface area (Å²) in [6.07, 6.45) is 3.80. The van der Waals surface area contributed by atoms with Crippen molar-refractivity contribution in [1.82, 2.24) is 0 Å². The topological polar surface area (TPSA) is 93.2 Å². The van der Waals surface area contributed by atoms with Gasteiger partial charge in [0, 0.05) is 18.2 Å². The fraction of sp³-hybridized carbons (Fsp3) is 0.280. The van der Waals surface area contributed by atoms with Gasteiger partial charge in [-0.1, -0.05) is 12.2 Å². The molecule has 33 heavy (non-hydrogen) atoms. The number of esters is 1. The van der Waals surface area contributed by atoms with Crippen molar-refractivity contribution in [2.45, 2.75) is 25.9 Å². The molecule has 2 saturated heterocycles. The number of Topliss-reactive ketones (excluding diaryl/α,β-unsaturated/α-hetero) is 1. The minimum absolute atomic E-state index is 0.169. The first-order valence-corrected chi connectivity index (χ1v) is 10.6. The van der Waals surface area contributed by atoms with Crippen molar-refractivity contribution < 1.29 is 28.7 Å². The van der Waals surface area contributed by atoms with E-state index < -0.39 is 35.8 Å². The van der Waals surface area contributed by atoms with Gasteiger partial charge in [0.1, 0.15) is 17.5 Å². The van der Waals surface area contributed by atoms with E-state index in [1.807, 2.05) is 29.2 Å². The number of carbonyl (C=O) groups is 4. The minimum atomic E-state index is -0.786. The largest absolute Gasteiger partial charge is 0.497 e. The molecule has 3 aliphatic heterocycles. The average molecular weight is 446 g/mol. The van der Waals surface area contributed by atoms with Gasteiger partial charge < -0.3 is 14.4 Å². The SMILES string of the molecule is COc1ccc2c(c1)C=C[C@@H]1[C@H]3C(=O)N(c4ccc(OC(C)=O)cc4)C(=O)[C@H]3[C@H](C(C)=O)N21. The quantitative estimate of drug-likeness (QED) is 0.405. The van der Waals surface area contributed by atoms with Gasteiger partial charge in [0.15, 0.2) is 5.78 Å². The number of amides is 2. The average Bonchev–Trinajstić information content (AvgIpc) is 3.26. The van der Waals surface area contributed by atoms with Crippen molar-refractivity contribution in [1.29, 1.82) is 0 Å². The summed E-state index contributed by atoms with van der Waals surface area (Å²) < 4.78 is 10.3. The first-order valence-electron chi connectivity index (χ1n) is 10.6. The van der Waals surface area contributed by atoms with Crippen LogP contribution in [0.25, 0.3) is 6.08 Å². The molecule has 2 fully saturated rings. The van der Waals surface area contributed by atoms with Gasteiger partial charge in [0.05, 0.1) is 30.7 Å². The highest BCUT2D eigenvalue weighted by Crippen LogP contribution is 2.49. The molecule has 3 heterocycles. The standard InChI is InChI=1S/C25H22N2O6/c1-13(28)23-22-21(20-10-4-15-12-18(32-3)9-11-19(15)27(20)23)24(30)26(25(22)31)16-5-7-17(8-6-16)33-14(2)29/h4-12,20-23H,1-3H3/t20-,21-,22-,23+/m1/s1. The van der Waals surface area contributed by atoms with Gasteiger partial charge >= 0.3 is 5.97 Å². The van der Waals surface area contributed by atoms with Crippen LogP contribution in [0.5, 0.6) is 11.5 Å². The van der Waals surface area contributed by atoms with Crippen molar-refractivity contribution in [2.24, 2.45) is 11.8 Å². The van der Waals surface area contributed by atoms with Crippen LogP contribution in [-0.4, -0.2) is 42.8 Å². The molecule has 0 aliphatic carbocycles. The highest BCUT2D eigenvalue weighted by Gasteiger charge is 2.63. The summed E-state index contributed by atoms with van der Waals surface area (Å²) in [5.74, 6) is -1.83. The molecule has 2 aromatic rings. The van der Waals surface area contributed by atoms with Gasteiger partial charge in [0.25, 0.3) is 0 Å². The van der Waals surface area contributed by atoms with Gasteiger partial charge in [-0.05, 0) is 49.4 Å². The Labute approximate surface area is 190 Å². The third-order valence-corrected chi connectivity index (χ3v) is 6.49. The number of ether oxygens (including phenoxy) is 2. The van der Waals surface area contributed by atoms with Gasteiger partial charge in [-0.2, -0.15) is 0 Å². The van der Waals surface area contributed by atoms with Crippen molar-refractivity contribution >= 4 is 41.0 Å². The predicted octanol–water partition coefficient (Wildman–Crippen LogP) is 2.60. The Morgan fingerprint density at radius 1 is 0.909 bits per heavy atom. The van der Waals surface area contributed by atoms with Crippen LogP contribution in [0.1, 0.15) is 19.4 Å². The van der Waals surface area contributed by atoms with Crippen LogP contribution in [0, 0.1) is 11.8 Å². The molecule has 0 spiro atoms. The molecule has 0 N–H and O–H groups in total. The number of hydrogen-bond donors (Lipinski definition) is 0. The lowest BCUT2D eigenvalue weighted by molar-refractivity contribution is -0.132. The Balaban J connectivity index is 1.53. The zero-order valence-electron chi connectivity index (χ0n) is 18.3. The smallest absolute Gasteiger partial charge is 0.308 e. The van der Waals surface area contributed by atoms with Crippen LogP contribution in [0.2, 0.25) is 0 Å². The van der Waals surface area contributed by atoms with E-state index in [1.54, 1.807) is 25.3 Å². The fourth-order valence-corrected chi connectivity index (χ4v) is 5.22. The molecule has 0 saturated carbocycles. The normalized spacial score (nSPS) is 24.9. The highest BCUT2D eigenvalue weighted by atomic mass is 16.5. The minimum Gasteiger partial charge on any atom is -0.497 e.